The van der Waals surface area contributed by atoms with Gasteiger partial charge in [0.1, 0.15) is 11.5 Å². The summed E-state index contributed by atoms with van der Waals surface area (Å²) in [6.07, 6.45) is 0.140. The summed E-state index contributed by atoms with van der Waals surface area (Å²) in [4.78, 5) is 18.1. The third kappa shape index (κ3) is 4.32. The lowest BCUT2D eigenvalue weighted by Crippen LogP contribution is -2.46. The van der Waals surface area contributed by atoms with Crippen LogP contribution in [-0.2, 0) is 4.74 Å². The van der Waals surface area contributed by atoms with Crippen LogP contribution in [0.4, 0.5) is 15.8 Å². The van der Waals surface area contributed by atoms with Crippen LogP contribution in [0.5, 0.6) is 0 Å². The van der Waals surface area contributed by atoms with Crippen molar-refractivity contribution in [3.63, 3.8) is 0 Å². The van der Waals surface area contributed by atoms with Gasteiger partial charge in [0.25, 0.3) is 5.91 Å². The number of aromatic amines is 1. The van der Waals surface area contributed by atoms with E-state index in [1.54, 1.807) is 12.1 Å². The smallest absolute Gasteiger partial charge is 0.272 e. The lowest BCUT2D eigenvalue weighted by atomic mass is 10.1. The van der Waals surface area contributed by atoms with Crippen LogP contribution in [-0.4, -0.2) is 49.8 Å². The number of hydrogen-bond donors (Lipinski definition) is 3. The number of halogens is 1. The van der Waals surface area contributed by atoms with Crippen molar-refractivity contribution < 1.29 is 13.9 Å². The van der Waals surface area contributed by atoms with Crippen LogP contribution in [0.1, 0.15) is 23.0 Å². The lowest BCUT2D eigenvalue weighted by molar-refractivity contribution is 0.0413. The van der Waals surface area contributed by atoms with Gasteiger partial charge in [0, 0.05) is 36.4 Å². The van der Waals surface area contributed by atoms with Crippen LogP contribution >= 0.6 is 0 Å². The Morgan fingerprint density at radius 2 is 2.17 bits per heavy atom. The molecule has 0 spiro atoms. The summed E-state index contributed by atoms with van der Waals surface area (Å²) in [6, 6.07) is 12.5. The van der Waals surface area contributed by atoms with Crippen molar-refractivity contribution in [2.45, 2.75) is 20.0 Å². The Hall–Kier alpha value is -2.90. The first-order valence-electron chi connectivity index (χ1n) is 10.3. The fourth-order valence-corrected chi connectivity index (χ4v) is 3.81. The monoisotopic (exact) mass is 410 g/mol. The molecule has 0 aliphatic carbocycles. The maximum Gasteiger partial charge on any atom is 0.272 e. The van der Waals surface area contributed by atoms with Crippen molar-refractivity contribution in [1.82, 2.24) is 10.3 Å². The molecule has 158 valence electrons. The molecule has 1 fully saturated rings. The SMILES string of the molecule is CCNCC1CN(c2cccc(NC(=O)c3cc4c(F)ccc(C)c4[nH]3)c2)CCO1. The van der Waals surface area contributed by atoms with Crippen molar-refractivity contribution in [1.29, 1.82) is 0 Å². The van der Waals surface area contributed by atoms with E-state index in [9.17, 15) is 9.18 Å². The second-order valence-corrected chi connectivity index (χ2v) is 7.59. The van der Waals surface area contributed by atoms with E-state index in [1.165, 1.54) is 6.07 Å². The molecule has 4 rings (SSSR count). The number of aryl methyl sites for hydroxylation is 1. The summed E-state index contributed by atoms with van der Waals surface area (Å²) in [7, 11) is 0. The van der Waals surface area contributed by atoms with E-state index >= 15 is 0 Å². The standard InChI is InChI=1S/C23H27FN4O2/c1-3-25-13-18-14-28(9-10-30-18)17-6-4-5-16(11-17)26-23(29)21-12-19-20(24)8-7-15(2)22(19)27-21/h4-8,11-12,18,25,27H,3,9-10,13-14H2,1-2H3,(H,26,29). The van der Waals surface area contributed by atoms with Crippen LogP contribution in [0.25, 0.3) is 10.9 Å². The normalized spacial score (nSPS) is 16.8. The summed E-state index contributed by atoms with van der Waals surface area (Å²) in [5, 5.41) is 6.67. The van der Waals surface area contributed by atoms with E-state index in [1.807, 2.05) is 31.2 Å². The van der Waals surface area contributed by atoms with Crippen molar-refractivity contribution >= 4 is 28.2 Å². The lowest BCUT2D eigenvalue weighted by Gasteiger charge is -2.34. The number of ether oxygens (including phenoxy) is 1. The Morgan fingerprint density at radius 1 is 1.30 bits per heavy atom. The van der Waals surface area contributed by atoms with Crippen LogP contribution in [0.15, 0.2) is 42.5 Å². The van der Waals surface area contributed by atoms with E-state index in [2.05, 4.69) is 27.4 Å². The maximum absolute atomic E-state index is 14.1. The van der Waals surface area contributed by atoms with Gasteiger partial charge in [-0.05, 0) is 49.4 Å². The van der Waals surface area contributed by atoms with Crippen LogP contribution in [0, 0.1) is 12.7 Å². The van der Waals surface area contributed by atoms with E-state index in [0.29, 0.717) is 28.9 Å². The van der Waals surface area contributed by atoms with Gasteiger partial charge in [0.2, 0.25) is 0 Å². The highest BCUT2D eigenvalue weighted by Crippen LogP contribution is 2.25. The van der Waals surface area contributed by atoms with Crippen LogP contribution in [0.2, 0.25) is 0 Å². The first-order chi connectivity index (χ1) is 14.5. The molecule has 1 aromatic heterocycles. The summed E-state index contributed by atoms with van der Waals surface area (Å²) >= 11 is 0. The molecule has 0 radical (unpaired) electrons. The van der Waals surface area contributed by atoms with Gasteiger partial charge < -0.3 is 25.3 Å². The number of hydrogen-bond acceptors (Lipinski definition) is 4. The summed E-state index contributed by atoms with van der Waals surface area (Å²) < 4.78 is 19.9. The number of morpholine rings is 1. The number of nitrogens with one attached hydrogen (secondary N) is 3. The van der Waals surface area contributed by atoms with Gasteiger partial charge in [-0.25, -0.2) is 4.39 Å². The number of anilines is 2. The third-order valence-electron chi connectivity index (χ3n) is 5.42. The zero-order valence-corrected chi connectivity index (χ0v) is 17.3. The average molecular weight is 410 g/mol. The molecule has 1 amide bonds. The molecule has 1 unspecified atom stereocenters. The first-order valence-corrected chi connectivity index (χ1v) is 10.3. The summed E-state index contributed by atoms with van der Waals surface area (Å²) in [5.41, 5.74) is 3.61. The second-order valence-electron chi connectivity index (χ2n) is 7.59. The third-order valence-corrected chi connectivity index (χ3v) is 5.42. The quantitative estimate of drug-likeness (QED) is 0.580. The number of nitrogens with zero attached hydrogens (tertiary/aromatic N) is 1. The number of benzene rings is 2. The Kier molecular flexibility index (Phi) is 6.01. The molecular formula is C23H27FN4O2. The number of carbonyl (C=O) groups is 1. The van der Waals surface area contributed by atoms with E-state index < -0.39 is 0 Å². The highest BCUT2D eigenvalue weighted by atomic mass is 19.1. The maximum atomic E-state index is 14.1. The number of rotatable bonds is 6. The molecule has 1 aliphatic heterocycles. The molecule has 1 saturated heterocycles. The Balaban J connectivity index is 1.48. The molecule has 3 aromatic rings. The first kappa shape index (κ1) is 20.4. The van der Waals surface area contributed by atoms with Gasteiger partial charge >= 0.3 is 0 Å². The molecule has 3 N–H and O–H groups in total. The minimum absolute atomic E-state index is 0.140. The largest absolute Gasteiger partial charge is 0.373 e. The number of amides is 1. The number of aromatic nitrogens is 1. The summed E-state index contributed by atoms with van der Waals surface area (Å²) in [5.74, 6) is -0.638. The molecular weight excluding hydrogens is 383 g/mol. The summed E-state index contributed by atoms with van der Waals surface area (Å²) in [6.45, 7) is 7.97. The predicted octanol–water partition coefficient (Wildman–Crippen LogP) is 3.68. The Bertz CT molecular complexity index is 1010. The molecule has 7 heteroatoms. The van der Waals surface area contributed by atoms with Gasteiger partial charge in [-0.1, -0.05) is 19.1 Å². The van der Waals surface area contributed by atoms with E-state index in [0.717, 1.165) is 37.4 Å². The van der Waals surface area contributed by atoms with Crippen LogP contribution in [0.3, 0.4) is 0 Å². The predicted molar refractivity (Wildman–Crippen MR) is 118 cm³/mol. The van der Waals surface area contributed by atoms with E-state index in [-0.39, 0.29) is 17.8 Å². The highest BCUT2D eigenvalue weighted by Gasteiger charge is 2.21. The van der Waals surface area contributed by atoms with Gasteiger partial charge in [-0.3, -0.25) is 4.79 Å². The topological polar surface area (TPSA) is 69.4 Å². The number of fused-ring (bicyclic) bond motifs is 1. The minimum atomic E-state index is -0.340. The number of carbonyl (C=O) groups excluding carboxylic acids is 1. The molecule has 6 nitrogen and oxygen atoms in total. The van der Waals surface area contributed by atoms with Crippen molar-refractivity contribution in [3.05, 3.63) is 59.5 Å². The number of H-pyrrole nitrogens is 1. The molecule has 30 heavy (non-hydrogen) atoms. The van der Waals surface area contributed by atoms with Gasteiger partial charge in [0.15, 0.2) is 0 Å². The number of likely N-dealkylation sites (N-methyl/N-ethyl adjacent to an activating group) is 1. The van der Waals surface area contributed by atoms with Gasteiger partial charge in [0.05, 0.1) is 18.2 Å². The van der Waals surface area contributed by atoms with Crippen molar-refractivity contribution in [2.75, 3.05) is 43.0 Å². The van der Waals surface area contributed by atoms with Crippen molar-refractivity contribution in [3.8, 4) is 0 Å². The highest BCUT2D eigenvalue weighted by molar-refractivity contribution is 6.06. The second kappa shape index (κ2) is 8.85. The minimum Gasteiger partial charge on any atom is -0.373 e. The zero-order chi connectivity index (χ0) is 21.1. The van der Waals surface area contributed by atoms with Gasteiger partial charge in [-0.2, -0.15) is 0 Å². The Labute approximate surface area is 175 Å². The van der Waals surface area contributed by atoms with E-state index in [4.69, 9.17) is 4.74 Å². The average Bonchev–Trinajstić information content (AvgIpc) is 3.22. The molecule has 0 saturated carbocycles. The molecule has 2 aromatic carbocycles. The van der Waals surface area contributed by atoms with Crippen molar-refractivity contribution in [2.24, 2.45) is 0 Å². The molecule has 1 aliphatic rings. The molecule has 1 atom stereocenters. The Morgan fingerprint density at radius 3 is 2.97 bits per heavy atom. The fraction of sp³-hybridized carbons (Fsp3) is 0.348. The fourth-order valence-electron chi connectivity index (χ4n) is 3.81. The van der Waals surface area contributed by atoms with Gasteiger partial charge in [-0.15, -0.1) is 0 Å². The molecule has 2 heterocycles. The molecule has 0 bridgehead atoms. The zero-order valence-electron chi connectivity index (χ0n) is 17.3. The van der Waals surface area contributed by atoms with Crippen LogP contribution < -0.4 is 15.5 Å².